The van der Waals surface area contributed by atoms with Gasteiger partial charge in [-0.15, -0.1) is 0 Å². The number of hydrogen-bond donors (Lipinski definition) is 0. The number of likely N-dealkylation sites (tertiary alicyclic amines) is 1. The van der Waals surface area contributed by atoms with Crippen molar-refractivity contribution in [3.63, 3.8) is 0 Å². The van der Waals surface area contributed by atoms with E-state index >= 15 is 0 Å². The van der Waals surface area contributed by atoms with Crippen LogP contribution in [0.25, 0.3) is 5.69 Å². The maximum atomic E-state index is 13.4. The van der Waals surface area contributed by atoms with E-state index in [2.05, 4.69) is 5.10 Å². The molecule has 2 aromatic carbocycles. The highest BCUT2D eigenvalue weighted by Crippen LogP contribution is 2.29. The van der Waals surface area contributed by atoms with Crippen molar-refractivity contribution < 1.29 is 13.6 Å². The second kappa shape index (κ2) is 7.31. The molecule has 27 heavy (non-hydrogen) atoms. The van der Waals surface area contributed by atoms with Gasteiger partial charge >= 0.3 is 0 Å². The average molecular weight is 367 g/mol. The monoisotopic (exact) mass is 367 g/mol. The lowest BCUT2D eigenvalue weighted by Crippen LogP contribution is -2.37. The number of halogens is 2. The maximum Gasteiger partial charge on any atom is 0.253 e. The lowest BCUT2D eigenvalue weighted by molar-refractivity contribution is 0.0712. The molecule has 0 bridgehead atoms. The SMILES string of the molecule is O=C(c1ccc(F)c(F)c1)N1CCC(c2cnn(-c3ccccc3)c2)CC1. The fourth-order valence-electron chi connectivity index (χ4n) is 3.50. The number of para-hydroxylation sites is 1. The summed E-state index contributed by atoms with van der Waals surface area (Å²) in [5, 5.41) is 4.44. The molecular formula is C21H19F2N3O. The number of carbonyl (C=O) groups is 1. The lowest BCUT2D eigenvalue weighted by atomic mass is 9.91. The third kappa shape index (κ3) is 3.60. The van der Waals surface area contributed by atoms with Gasteiger partial charge in [0.2, 0.25) is 0 Å². The third-order valence-corrected chi connectivity index (χ3v) is 5.04. The zero-order valence-corrected chi connectivity index (χ0v) is 14.7. The van der Waals surface area contributed by atoms with Gasteiger partial charge in [-0.25, -0.2) is 13.5 Å². The van der Waals surface area contributed by atoms with Crippen molar-refractivity contribution in [2.75, 3.05) is 13.1 Å². The molecule has 1 aliphatic rings. The third-order valence-electron chi connectivity index (χ3n) is 5.04. The Labute approximate surface area is 156 Å². The lowest BCUT2D eigenvalue weighted by Gasteiger charge is -2.31. The van der Waals surface area contributed by atoms with Gasteiger partial charge in [-0.05, 0) is 54.7 Å². The molecule has 0 N–H and O–H groups in total. The van der Waals surface area contributed by atoms with Crippen molar-refractivity contribution in [3.8, 4) is 5.69 Å². The molecule has 1 fully saturated rings. The van der Waals surface area contributed by atoms with E-state index in [1.807, 2.05) is 47.4 Å². The van der Waals surface area contributed by atoms with Gasteiger partial charge in [-0.3, -0.25) is 4.79 Å². The second-order valence-corrected chi connectivity index (χ2v) is 6.75. The van der Waals surface area contributed by atoms with E-state index in [-0.39, 0.29) is 11.5 Å². The Morgan fingerprint density at radius 2 is 1.74 bits per heavy atom. The van der Waals surface area contributed by atoms with Crippen LogP contribution < -0.4 is 0 Å². The second-order valence-electron chi connectivity index (χ2n) is 6.75. The Morgan fingerprint density at radius 1 is 1.00 bits per heavy atom. The van der Waals surface area contributed by atoms with Crippen molar-refractivity contribution in [2.24, 2.45) is 0 Å². The minimum Gasteiger partial charge on any atom is -0.339 e. The van der Waals surface area contributed by atoms with Gasteiger partial charge in [0.25, 0.3) is 5.91 Å². The van der Waals surface area contributed by atoms with Crippen LogP contribution in [0.1, 0.15) is 34.7 Å². The highest BCUT2D eigenvalue weighted by molar-refractivity contribution is 5.94. The molecule has 0 spiro atoms. The zero-order chi connectivity index (χ0) is 18.8. The van der Waals surface area contributed by atoms with Crippen LogP contribution in [0.3, 0.4) is 0 Å². The molecule has 0 atom stereocenters. The van der Waals surface area contributed by atoms with Crippen molar-refractivity contribution >= 4 is 5.91 Å². The molecule has 0 saturated carbocycles. The maximum absolute atomic E-state index is 13.4. The van der Waals surface area contributed by atoms with Gasteiger partial charge < -0.3 is 4.90 Å². The Balaban J connectivity index is 1.41. The number of hydrogen-bond acceptors (Lipinski definition) is 2. The molecule has 1 amide bonds. The first-order chi connectivity index (χ1) is 13.1. The molecule has 0 radical (unpaired) electrons. The summed E-state index contributed by atoms with van der Waals surface area (Å²) in [6.45, 7) is 1.16. The number of aromatic nitrogens is 2. The average Bonchev–Trinajstić information content (AvgIpc) is 3.21. The van der Waals surface area contributed by atoms with Gasteiger partial charge in [-0.2, -0.15) is 5.10 Å². The number of rotatable bonds is 3. The van der Waals surface area contributed by atoms with E-state index in [1.165, 1.54) is 6.07 Å². The highest BCUT2D eigenvalue weighted by Gasteiger charge is 2.26. The smallest absolute Gasteiger partial charge is 0.253 e. The van der Waals surface area contributed by atoms with Gasteiger partial charge in [0.15, 0.2) is 11.6 Å². The number of nitrogens with zero attached hydrogens (tertiary/aromatic N) is 3. The van der Waals surface area contributed by atoms with Gasteiger partial charge in [0, 0.05) is 24.8 Å². The van der Waals surface area contributed by atoms with Crippen LogP contribution in [0.4, 0.5) is 8.78 Å². The van der Waals surface area contributed by atoms with E-state index in [0.29, 0.717) is 19.0 Å². The van der Waals surface area contributed by atoms with Crippen molar-refractivity contribution in [2.45, 2.75) is 18.8 Å². The van der Waals surface area contributed by atoms with Crippen LogP contribution in [0.15, 0.2) is 60.9 Å². The van der Waals surface area contributed by atoms with Gasteiger partial charge in [0.1, 0.15) is 0 Å². The largest absolute Gasteiger partial charge is 0.339 e. The Morgan fingerprint density at radius 3 is 2.44 bits per heavy atom. The van der Waals surface area contributed by atoms with Crippen LogP contribution in [0.5, 0.6) is 0 Å². The first-order valence-corrected chi connectivity index (χ1v) is 8.96. The normalized spacial score (nSPS) is 15.1. The summed E-state index contributed by atoms with van der Waals surface area (Å²) < 4.78 is 28.3. The first-order valence-electron chi connectivity index (χ1n) is 8.96. The minimum absolute atomic E-state index is 0.184. The van der Waals surface area contributed by atoms with Crippen LogP contribution in [0, 0.1) is 11.6 Å². The van der Waals surface area contributed by atoms with Gasteiger partial charge in [0.05, 0.1) is 11.9 Å². The van der Waals surface area contributed by atoms with Crippen molar-refractivity contribution in [1.82, 2.24) is 14.7 Å². The molecule has 138 valence electrons. The van der Waals surface area contributed by atoms with E-state index in [1.54, 1.807) is 4.90 Å². The molecule has 0 aliphatic carbocycles. The zero-order valence-electron chi connectivity index (χ0n) is 14.7. The number of carbonyl (C=O) groups excluding carboxylic acids is 1. The Kier molecular flexibility index (Phi) is 4.71. The quantitative estimate of drug-likeness (QED) is 0.697. The summed E-state index contributed by atoms with van der Waals surface area (Å²) in [7, 11) is 0. The predicted molar refractivity (Wildman–Crippen MR) is 97.8 cm³/mol. The Hall–Kier alpha value is -3.02. The predicted octanol–water partition coefficient (Wildman–Crippen LogP) is 4.17. The van der Waals surface area contributed by atoms with E-state index in [0.717, 1.165) is 36.2 Å². The highest BCUT2D eigenvalue weighted by atomic mass is 19.2. The molecule has 3 aromatic rings. The number of benzene rings is 2. The molecule has 1 aromatic heterocycles. The molecule has 2 heterocycles. The first kappa shape index (κ1) is 17.4. The summed E-state index contributed by atoms with van der Waals surface area (Å²) in [5.41, 5.74) is 2.35. The van der Waals surface area contributed by atoms with E-state index in [4.69, 9.17) is 0 Å². The summed E-state index contributed by atoms with van der Waals surface area (Å²) in [5.74, 6) is -1.87. The Bertz CT molecular complexity index is 947. The van der Waals surface area contributed by atoms with Gasteiger partial charge in [-0.1, -0.05) is 18.2 Å². The van der Waals surface area contributed by atoms with E-state index in [9.17, 15) is 13.6 Å². The minimum atomic E-state index is -0.996. The molecule has 4 nitrogen and oxygen atoms in total. The molecule has 1 aliphatic heterocycles. The summed E-state index contributed by atoms with van der Waals surface area (Å²) in [6, 6.07) is 13.2. The fraction of sp³-hybridized carbons (Fsp3) is 0.238. The number of piperidine rings is 1. The van der Waals surface area contributed by atoms with Crippen molar-refractivity contribution in [3.05, 3.63) is 83.7 Å². The molecular weight excluding hydrogens is 348 g/mol. The topological polar surface area (TPSA) is 38.1 Å². The molecule has 4 rings (SSSR count). The van der Waals surface area contributed by atoms with Crippen LogP contribution >= 0.6 is 0 Å². The molecule has 0 unspecified atom stereocenters. The summed E-state index contributed by atoms with van der Waals surface area (Å²) >= 11 is 0. The molecule has 1 saturated heterocycles. The van der Waals surface area contributed by atoms with Crippen LogP contribution in [0.2, 0.25) is 0 Å². The summed E-state index contributed by atoms with van der Waals surface area (Å²) in [6.07, 6.45) is 5.54. The molecule has 6 heteroatoms. The summed E-state index contributed by atoms with van der Waals surface area (Å²) in [4.78, 5) is 14.2. The van der Waals surface area contributed by atoms with Crippen LogP contribution in [-0.2, 0) is 0 Å². The fourth-order valence-corrected chi connectivity index (χ4v) is 3.50. The standard InChI is InChI=1S/C21H19F2N3O/c22-19-7-6-16(12-20(19)23)21(27)25-10-8-15(9-11-25)17-13-24-26(14-17)18-4-2-1-3-5-18/h1-7,12-15H,8-11H2. The number of amides is 1. The van der Waals surface area contributed by atoms with Crippen molar-refractivity contribution in [1.29, 1.82) is 0 Å². The van der Waals surface area contributed by atoms with E-state index < -0.39 is 11.6 Å². The van der Waals surface area contributed by atoms with Crippen LogP contribution in [-0.4, -0.2) is 33.7 Å².